The predicted molar refractivity (Wildman–Crippen MR) is 116 cm³/mol. The van der Waals surface area contributed by atoms with Crippen LogP contribution < -0.4 is 10.6 Å². The molecule has 0 aliphatic carbocycles. The highest BCUT2D eigenvalue weighted by Crippen LogP contribution is 2.16. The van der Waals surface area contributed by atoms with Gasteiger partial charge in [-0.1, -0.05) is 0 Å². The first-order valence-electron chi connectivity index (χ1n) is 9.76. The summed E-state index contributed by atoms with van der Waals surface area (Å²) < 4.78 is 5.76. The van der Waals surface area contributed by atoms with Crippen LogP contribution in [0.3, 0.4) is 0 Å². The standard InChI is InChI=1S/C19H33N5O4S/c1-5-23(6-2)19(25)9-10-20-18(14-24(26)27)21-11-12-29-15-17-8-7-16(28-17)13-22(3)4/h7-8,14,20-21H,5-6,9-13,15H2,1-4H3/b18-14+. The maximum Gasteiger partial charge on any atom is 0.274 e. The molecule has 0 atom stereocenters. The van der Waals surface area contributed by atoms with Gasteiger partial charge in [-0.25, -0.2) is 0 Å². The van der Waals surface area contributed by atoms with Gasteiger partial charge in [0.1, 0.15) is 11.5 Å². The lowest BCUT2D eigenvalue weighted by Gasteiger charge is -2.19. The highest BCUT2D eigenvalue weighted by atomic mass is 32.2. The molecular weight excluding hydrogens is 394 g/mol. The number of rotatable bonds is 15. The van der Waals surface area contributed by atoms with Gasteiger partial charge in [-0.05, 0) is 40.1 Å². The fourth-order valence-corrected chi connectivity index (χ4v) is 3.37. The predicted octanol–water partition coefficient (Wildman–Crippen LogP) is 2.09. The van der Waals surface area contributed by atoms with Gasteiger partial charge in [-0.15, -0.1) is 0 Å². The second-order valence-electron chi connectivity index (χ2n) is 6.66. The third-order valence-electron chi connectivity index (χ3n) is 4.00. The maximum atomic E-state index is 12.0. The largest absolute Gasteiger partial charge is 0.464 e. The van der Waals surface area contributed by atoms with E-state index in [1.54, 1.807) is 16.7 Å². The zero-order valence-corrected chi connectivity index (χ0v) is 18.6. The molecule has 9 nitrogen and oxygen atoms in total. The minimum absolute atomic E-state index is 0.0330. The Hall–Kier alpha value is -2.20. The Morgan fingerprint density at radius 2 is 1.86 bits per heavy atom. The summed E-state index contributed by atoms with van der Waals surface area (Å²) in [4.78, 5) is 26.1. The summed E-state index contributed by atoms with van der Waals surface area (Å²) in [6.45, 7) is 6.85. The summed E-state index contributed by atoms with van der Waals surface area (Å²) in [6, 6.07) is 3.96. The van der Waals surface area contributed by atoms with Crippen LogP contribution in [0.1, 0.15) is 31.8 Å². The van der Waals surface area contributed by atoms with E-state index in [4.69, 9.17) is 4.42 Å². The number of thioether (sulfide) groups is 1. The number of furan rings is 1. The maximum absolute atomic E-state index is 12.0. The van der Waals surface area contributed by atoms with Gasteiger partial charge in [-0.3, -0.25) is 14.9 Å². The summed E-state index contributed by atoms with van der Waals surface area (Å²) in [6.07, 6.45) is 1.19. The number of carbonyl (C=O) groups excluding carboxylic acids is 1. The van der Waals surface area contributed by atoms with Crippen molar-refractivity contribution in [3.8, 4) is 0 Å². The van der Waals surface area contributed by atoms with Crippen LogP contribution >= 0.6 is 11.8 Å². The molecule has 1 heterocycles. The van der Waals surface area contributed by atoms with Crippen molar-refractivity contribution >= 4 is 17.7 Å². The van der Waals surface area contributed by atoms with Crippen LogP contribution in [0, 0.1) is 10.1 Å². The highest BCUT2D eigenvalue weighted by molar-refractivity contribution is 7.98. The van der Waals surface area contributed by atoms with Gasteiger partial charge in [0.05, 0.1) is 17.2 Å². The molecule has 0 spiro atoms. The Labute approximate surface area is 177 Å². The van der Waals surface area contributed by atoms with Crippen LogP contribution in [-0.4, -0.2) is 66.7 Å². The number of nitrogens with one attached hydrogen (secondary N) is 2. The van der Waals surface area contributed by atoms with Crippen molar-refractivity contribution in [1.82, 2.24) is 20.4 Å². The van der Waals surface area contributed by atoms with Gasteiger partial charge >= 0.3 is 0 Å². The van der Waals surface area contributed by atoms with E-state index in [1.165, 1.54) is 0 Å². The summed E-state index contributed by atoms with van der Waals surface area (Å²) >= 11 is 1.68. The van der Waals surface area contributed by atoms with E-state index >= 15 is 0 Å². The average Bonchev–Trinajstić information content (AvgIpc) is 3.08. The Bertz CT molecular complexity index is 659. The quantitative estimate of drug-likeness (QED) is 0.249. The molecular formula is C19H33N5O4S. The third kappa shape index (κ3) is 10.8. The van der Waals surface area contributed by atoms with Crippen molar-refractivity contribution in [1.29, 1.82) is 0 Å². The molecule has 0 aromatic carbocycles. The molecule has 1 aromatic rings. The van der Waals surface area contributed by atoms with Gasteiger partial charge in [0, 0.05) is 38.4 Å². The number of nitrogens with zero attached hydrogens (tertiary/aromatic N) is 3. The fourth-order valence-electron chi connectivity index (χ4n) is 2.62. The number of amides is 1. The summed E-state index contributed by atoms with van der Waals surface area (Å²) in [5.74, 6) is 3.71. The third-order valence-corrected chi connectivity index (χ3v) is 4.98. The number of nitro groups is 1. The molecule has 1 amide bonds. The lowest BCUT2D eigenvalue weighted by molar-refractivity contribution is -0.404. The minimum atomic E-state index is -0.510. The molecule has 0 aliphatic heterocycles. The molecule has 29 heavy (non-hydrogen) atoms. The van der Waals surface area contributed by atoms with Crippen molar-refractivity contribution in [2.45, 2.75) is 32.6 Å². The first-order chi connectivity index (χ1) is 13.8. The monoisotopic (exact) mass is 427 g/mol. The van der Waals surface area contributed by atoms with Crippen molar-refractivity contribution in [2.24, 2.45) is 0 Å². The average molecular weight is 428 g/mol. The van der Waals surface area contributed by atoms with E-state index in [9.17, 15) is 14.9 Å². The van der Waals surface area contributed by atoms with Gasteiger partial charge in [0.25, 0.3) is 6.20 Å². The summed E-state index contributed by atoms with van der Waals surface area (Å²) in [7, 11) is 3.98. The van der Waals surface area contributed by atoms with Crippen LogP contribution in [-0.2, 0) is 17.1 Å². The van der Waals surface area contributed by atoms with Crippen LogP contribution in [0.15, 0.2) is 28.6 Å². The SMILES string of the molecule is CCN(CC)C(=O)CCN/C(=C\[N+](=O)[O-])NCCSCc1ccc(CN(C)C)o1. The second-order valence-corrected chi connectivity index (χ2v) is 7.76. The zero-order valence-electron chi connectivity index (χ0n) is 17.8. The molecule has 0 unspecified atom stereocenters. The normalized spacial score (nSPS) is 11.6. The van der Waals surface area contributed by atoms with Gasteiger partial charge in [0.15, 0.2) is 5.82 Å². The van der Waals surface area contributed by atoms with Crippen molar-refractivity contribution < 1.29 is 14.1 Å². The Morgan fingerprint density at radius 1 is 1.21 bits per heavy atom. The molecule has 0 bridgehead atoms. The number of hydrogen-bond acceptors (Lipinski definition) is 8. The highest BCUT2D eigenvalue weighted by Gasteiger charge is 2.10. The lowest BCUT2D eigenvalue weighted by Crippen LogP contribution is -2.35. The Morgan fingerprint density at radius 3 is 2.48 bits per heavy atom. The topological polar surface area (TPSA) is 104 Å². The number of carbonyl (C=O) groups is 1. The minimum Gasteiger partial charge on any atom is -0.464 e. The molecule has 164 valence electrons. The van der Waals surface area contributed by atoms with Crippen molar-refractivity contribution in [3.05, 3.63) is 45.8 Å². The molecule has 2 N–H and O–H groups in total. The van der Waals surface area contributed by atoms with E-state index in [1.807, 2.05) is 45.0 Å². The molecule has 0 fully saturated rings. The van der Waals surface area contributed by atoms with E-state index in [0.29, 0.717) is 38.4 Å². The van der Waals surface area contributed by atoms with Crippen LogP contribution in [0.5, 0.6) is 0 Å². The Balaban J connectivity index is 2.32. The Kier molecular flexibility index (Phi) is 11.9. The van der Waals surface area contributed by atoms with Gasteiger partial charge in [-0.2, -0.15) is 11.8 Å². The number of hydrogen-bond donors (Lipinski definition) is 2. The first-order valence-corrected chi connectivity index (χ1v) is 10.9. The molecule has 1 aromatic heterocycles. The molecule has 0 saturated carbocycles. The molecule has 1 rings (SSSR count). The van der Waals surface area contributed by atoms with Crippen LogP contribution in [0.4, 0.5) is 0 Å². The van der Waals surface area contributed by atoms with Gasteiger partial charge < -0.3 is 24.9 Å². The van der Waals surface area contributed by atoms with E-state index in [2.05, 4.69) is 10.6 Å². The molecule has 0 saturated heterocycles. The molecule has 0 radical (unpaired) electrons. The van der Waals surface area contributed by atoms with Crippen molar-refractivity contribution in [3.63, 3.8) is 0 Å². The lowest BCUT2D eigenvalue weighted by atomic mass is 10.3. The molecule has 0 aliphatic rings. The van der Waals surface area contributed by atoms with Gasteiger partial charge in [0.2, 0.25) is 5.91 Å². The van der Waals surface area contributed by atoms with E-state index < -0.39 is 4.92 Å². The second kappa shape index (κ2) is 13.9. The smallest absolute Gasteiger partial charge is 0.274 e. The summed E-state index contributed by atoms with van der Waals surface area (Å²) in [5, 5.41) is 16.8. The zero-order chi connectivity index (χ0) is 21.6. The van der Waals surface area contributed by atoms with Crippen molar-refractivity contribution in [2.75, 3.05) is 46.0 Å². The molecule has 10 heteroatoms. The first kappa shape index (κ1) is 24.8. The fraction of sp³-hybridized carbons (Fsp3) is 0.632. The van der Waals surface area contributed by atoms with E-state index in [0.717, 1.165) is 35.8 Å². The van der Waals surface area contributed by atoms with Crippen LogP contribution in [0.2, 0.25) is 0 Å². The van der Waals surface area contributed by atoms with E-state index in [-0.39, 0.29) is 5.91 Å². The summed E-state index contributed by atoms with van der Waals surface area (Å²) in [5.41, 5.74) is 0. The van der Waals surface area contributed by atoms with Crippen LogP contribution in [0.25, 0.3) is 0 Å².